The van der Waals surface area contributed by atoms with E-state index in [2.05, 4.69) is 29.7 Å². The molecule has 0 saturated heterocycles. The number of hydrazone groups is 1. The zero-order valence-corrected chi connectivity index (χ0v) is 16.9. The second-order valence-corrected chi connectivity index (χ2v) is 7.04. The van der Waals surface area contributed by atoms with E-state index in [0.29, 0.717) is 22.3 Å². The molecule has 0 aliphatic carbocycles. The number of halogens is 1. The molecule has 3 N–H and O–H groups in total. The number of hydrogen-bond donors (Lipinski definition) is 3. The molecule has 2 rings (SSSR count). The fourth-order valence-corrected chi connectivity index (χ4v) is 2.68. The Balaban J connectivity index is 1.91. The van der Waals surface area contributed by atoms with Crippen LogP contribution in [-0.2, 0) is 4.79 Å². The van der Waals surface area contributed by atoms with Crippen molar-refractivity contribution in [2.75, 3.05) is 5.32 Å². The maximum Gasteiger partial charge on any atom is 0.275 e. The van der Waals surface area contributed by atoms with Crippen LogP contribution in [0.25, 0.3) is 0 Å². The Morgan fingerprint density at radius 3 is 2.50 bits per heavy atom. The molecule has 1 atom stereocenters. The molecule has 2 aromatic rings. The third kappa shape index (κ3) is 6.09. The van der Waals surface area contributed by atoms with Crippen molar-refractivity contribution in [3.05, 3.63) is 58.6 Å². The highest BCUT2D eigenvalue weighted by molar-refractivity contribution is 6.31. The standard InChI is InChI=1S/C21H24ClN3O3/c1-4-13(2)15-5-8-17(9-6-15)23-20(27)11-14(3)24-25-21(28)18-12-16(22)7-10-19(18)26/h5-10,12-13,26H,4,11H2,1-3H3,(H,23,27)(H,25,28)/b24-14-/t13-/m1/s1. The number of nitrogens with zero attached hydrogens (tertiary/aromatic N) is 1. The Morgan fingerprint density at radius 1 is 1.18 bits per heavy atom. The number of hydrogen-bond acceptors (Lipinski definition) is 4. The van der Waals surface area contributed by atoms with Crippen LogP contribution in [0.2, 0.25) is 5.02 Å². The first-order chi connectivity index (χ1) is 13.3. The van der Waals surface area contributed by atoms with Gasteiger partial charge in [0, 0.05) is 16.4 Å². The second-order valence-electron chi connectivity index (χ2n) is 6.61. The maximum absolute atomic E-state index is 12.1. The van der Waals surface area contributed by atoms with Crippen molar-refractivity contribution in [2.45, 2.75) is 39.5 Å². The summed E-state index contributed by atoms with van der Waals surface area (Å²) in [5.74, 6) is -0.576. The monoisotopic (exact) mass is 401 g/mol. The number of carbonyl (C=O) groups is 2. The molecule has 7 heteroatoms. The van der Waals surface area contributed by atoms with Gasteiger partial charge in [0.2, 0.25) is 5.91 Å². The lowest BCUT2D eigenvalue weighted by atomic mass is 9.99. The minimum atomic E-state index is -0.611. The van der Waals surface area contributed by atoms with Crippen molar-refractivity contribution >= 4 is 34.8 Å². The zero-order valence-electron chi connectivity index (χ0n) is 16.1. The topological polar surface area (TPSA) is 90.8 Å². The van der Waals surface area contributed by atoms with Crippen LogP contribution in [0.4, 0.5) is 5.69 Å². The molecule has 2 amide bonds. The van der Waals surface area contributed by atoms with Gasteiger partial charge in [0.1, 0.15) is 5.75 Å². The molecule has 0 aliphatic heterocycles. The molecule has 0 aliphatic rings. The van der Waals surface area contributed by atoms with Gasteiger partial charge in [0.05, 0.1) is 12.0 Å². The van der Waals surface area contributed by atoms with E-state index < -0.39 is 5.91 Å². The molecule has 0 saturated carbocycles. The Bertz CT molecular complexity index is 879. The number of carbonyl (C=O) groups excluding carboxylic acids is 2. The first-order valence-corrected chi connectivity index (χ1v) is 9.39. The van der Waals surface area contributed by atoms with Crippen LogP contribution in [-0.4, -0.2) is 22.6 Å². The van der Waals surface area contributed by atoms with Gasteiger partial charge < -0.3 is 10.4 Å². The minimum absolute atomic E-state index is 0.00917. The van der Waals surface area contributed by atoms with E-state index in [4.69, 9.17) is 11.6 Å². The molecule has 0 fully saturated rings. The van der Waals surface area contributed by atoms with Crippen molar-refractivity contribution in [2.24, 2.45) is 5.10 Å². The quantitative estimate of drug-likeness (QED) is 0.464. The van der Waals surface area contributed by atoms with E-state index in [1.54, 1.807) is 6.92 Å². The molecule has 0 bridgehead atoms. The van der Waals surface area contributed by atoms with Crippen LogP contribution in [0, 0.1) is 0 Å². The van der Waals surface area contributed by atoms with Crippen LogP contribution < -0.4 is 10.7 Å². The molecule has 28 heavy (non-hydrogen) atoms. The summed E-state index contributed by atoms with van der Waals surface area (Å²) in [5.41, 5.74) is 4.68. The van der Waals surface area contributed by atoms with E-state index in [1.807, 2.05) is 24.3 Å². The number of benzene rings is 2. The van der Waals surface area contributed by atoms with Crippen LogP contribution in [0.3, 0.4) is 0 Å². The number of amides is 2. The summed E-state index contributed by atoms with van der Waals surface area (Å²) in [4.78, 5) is 24.2. The van der Waals surface area contributed by atoms with Gasteiger partial charge in [-0.3, -0.25) is 9.59 Å². The lowest BCUT2D eigenvalue weighted by Gasteiger charge is -2.10. The summed E-state index contributed by atoms with van der Waals surface area (Å²) in [7, 11) is 0. The predicted molar refractivity (Wildman–Crippen MR) is 112 cm³/mol. The molecular weight excluding hydrogens is 378 g/mol. The lowest BCUT2D eigenvalue weighted by Crippen LogP contribution is -2.21. The molecular formula is C21H24ClN3O3. The summed E-state index contributed by atoms with van der Waals surface area (Å²) in [6.07, 6.45) is 1.08. The minimum Gasteiger partial charge on any atom is -0.507 e. The smallest absolute Gasteiger partial charge is 0.275 e. The SMILES string of the molecule is CC[C@@H](C)c1ccc(NC(=O)C/C(C)=N\NC(=O)c2cc(Cl)ccc2O)cc1. The Morgan fingerprint density at radius 2 is 1.86 bits per heavy atom. The van der Waals surface area contributed by atoms with Crippen molar-refractivity contribution in [1.29, 1.82) is 0 Å². The summed E-state index contributed by atoms with van der Waals surface area (Å²) in [6, 6.07) is 11.9. The third-order valence-electron chi connectivity index (χ3n) is 4.34. The van der Waals surface area contributed by atoms with E-state index in [1.165, 1.54) is 23.8 Å². The predicted octanol–water partition coefficient (Wildman–Crippen LogP) is 4.69. The normalized spacial score (nSPS) is 12.4. The maximum atomic E-state index is 12.1. The number of phenolic OH excluding ortho intramolecular Hbond substituents is 1. The Labute approximate surface area is 169 Å². The number of anilines is 1. The van der Waals surface area contributed by atoms with Gasteiger partial charge in [0.25, 0.3) is 5.91 Å². The lowest BCUT2D eigenvalue weighted by molar-refractivity contribution is -0.115. The van der Waals surface area contributed by atoms with Gasteiger partial charge in [0.15, 0.2) is 0 Å². The van der Waals surface area contributed by atoms with E-state index in [9.17, 15) is 14.7 Å². The first-order valence-electron chi connectivity index (χ1n) is 9.02. The molecule has 6 nitrogen and oxygen atoms in total. The van der Waals surface area contributed by atoms with Gasteiger partial charge in [-0.1, -0.05) is 37.6 Å². The van der Waals surface area contributed by atoms with Gasteiger partial charge in [-0.05, 0) is 55.2 Å². The van der Waals surface area contributed by atoms with Gasteiger partial charge in [-0.25, -0.2) is 5.43 Å². The average molecular weight is 402 g/mol. The molecule has 0 aromatic heterocycles. The third-order valence-corrected chi connectivity index (χ3v) is 4.58. The highest BCUT2D eigenvalue weighted by atomic mass is 35.5. The Hall–Kier alpha value is -2.86. The van der Waals surface area contributed by atoms with Gasteiger partial charge in [-0.15, -0.1) is 0 Å². The fraction of sp³-hybridized carbons (Fsp3) is 0.286. The van der Waals surface area contributed by atoms with E-state index in [0.717, 1.165) is 6.42 Å². The molecule has 2 aromatic carbocycles. The van der Waals surface area contributed by atoms with Crippen molar-refractivity contribution in [1.82, 2.24) is 5.43 Å². The van der Waals surface area contributed by atoms with Crippen LogP contribution >= 0.6 is 11.6 Å². The summed E-state index contributed by atoms with van der Waals surface area (Å²) >= 11 is 5.82. The molecule has 0 heterocycles. The Kier molecular flexibility index (Phi) is 7.58. The zero-order chi connectivity index (χ0) is 20.7. The molecule has 0 spiro atoms. The number of nitrogens with one attached hydrogen (secondary N) is 2. The fourth-order valence-electron chi connectivity index (χ4n) is 2.50. The van der Waals surface area contributed by atoms with Crippen LogP contribution in [0.1, 0.15) is 55.5 Å². The molecule has 0 radical (unpaired) electrons. The number of aromatic hydroxyl groups is 1. The van der Waals surface area contributed by atoms with E-state index >= 15 is 0 Å². The number of rotatable bonds is 7. The van der Waals surface area contributed by atoms with Gasteiger partial charge in [-0.2, -0.15) is 5.10 Å². The van der Waals surface area contributed by atoms with Crippen molar-refractivity contribution < 1.29 is 14.7 Å². The molecule has 148 valence electrons. The average Bonchev–Trinajstić information content (AvgIpc) is 2.67. The second kappa shape index (κ2) is 9.90. The van der Waals surface area contributed by atoms with Crippen molar-refractivity contribution in [3.63, 3.8) is 0 Å². The number of phenols is 1. The van der Waals surface area contributed by atoms with Crippen molar-refractivity contribution in [3.8, 4) is 5.75 Å². The first kappa shape index (κ1) is 21.4. The molecule has 0 unspecified atom stereocenters. The van der Waals surface area contributed by atoms with Crippen LogP contribution in [0.15, 0.2) is 47.6 Å². The largest absolute Gasteiger partial charge is 0.507 e. The van der Waals surface area contributed by atoms with E-state index in [-0.39, 0.29) is 23.6 Å². The summed E-state index contributed by atoms with van der Waals surface area (Å²) in [6.45, 7) is 5.92. The highest BCUT2D eigenvalue weighted by Gasteiger charge is 2.12. The van der Waals surface area contributed by atoms with Crippen LogP contribution in [0.5, 0.6) is 5.75 Å². The van der Waals surface area contributed by atoms with Gasteiger partial charge >= 0.3 is 0 Å². The summed E-state index contributed by atoms with van der Waals surface area (Å²) in [5, 5.41) is 16.7. The summed E-state index contributed by atoms with van der Waals surface area (Å²) < 4.78 is 0. The highest BCUT2D eigenvalue weighted by Crippen LogP contribution is 2.22.